The van der Waals surface area contributed by atoms with Gasteiger partial charge in [-0.15, -0.1) is 0 Å². The first-order chi connectivity index (χ1) is 11.9. The molecule has 3 rings (SSSR count). The van der Waals surface area contributed by atoms with Crippen molar-refractivity contribution in [2.75, 3.05) is 34.3 Å². The second-order valence-electron chi connectivity index (χ2n) is 7.33. The fourth-order valence-electron chi connectivity index (χ4n) is 4.05. The van der Waals surface area contributed by atoms with E-state index >= 15 is 0 Å². The highest BCUT2D eigenvalue weighted by Crippen LogP contribution is 2.30. The summed E-state index contributed by atoms with van der Waals surface area (Å²) in [6.45, 7) is 3.81. The van der Waals surface area contributed by atoms with Crippen LogP contribution in [0.15, 0.2) is 18.2 Å². The molecule has 1 aromatic carbocycles. The quantitative estimate of drug-likeness (QED) is 0.856. The number of hydrogen-bond acceptors (Lipinski definition) is 3. The molecule has 0 bridgehead atoms. The zero-order chi connectivity index (χ0) is 18.1. The third-order valence-electron chi connectivity index (χ3n) is 5.33. The molecule has 2 heterocycles. The van der Waals surface area contributed by atoms with Gasteiger partial charge < -0.3 is 19.1 Å². The molecule has 1 saturated heterocycles. The van der Waals surface area contributed by atoms with Gasteiger partial charge in [-0.1, -0.05) is 0 Å². The Labute approximate surface area is 150 Å². The molecule has 1 aromatic heterocycles. The molecule has 25 heavy (non-hydrogen) atoms. The Kier molecular flexibility index (Phi) is 5.04. The fraction of sp³-hybridized carbons (Fsp3) is 0.550. The summed E-state index contributed by atoms with van der Waals surface area (Å²) in [4.78, 5) is 17.7. The molecule has 0 unspecified atom stereocenters. The second-order valence-corrected chi connectivity index (χ2v) is 7.33. The molecule has 1 amide bonds. The number of benzene rings is 1. The van der Waals surface area contributed by atoms with Crippen LogP contribution in [0.3, 0.4) is 0 Å². The van der Waals surface area contributed by atoms with Crippen molar-refractivity contribution in [2.45, 2.75) is 32.2 Å². The van der Waals surface area contributed by atoms with Crippen molar-refractivity contribution in [3.05, 3.63) is 29.5 Å². The van der Waals surface area contributed by atoms with E-state index in [0.717, 1.165) is 53.8 Å². The predicted octanol–water partition coefficient (Wildman–Crippen LogP) is 3.05. The van der Waals surface area contributed by atoms with E-state index in [4.69, 9.17) is 4.74 Å². The molecule has 0 spiro atoms. The third-order valence-corrected chi connectivity index (χ3v) is 5.33. The maximum absolute atomic E-state index is 13.4. The average molecular weight is 343 g/mol. The van der Waals surface area contributed by atoms with Gasteiger partial charge in [-0.05, 0) is 64.0 Å². The number of amides is 1. The van der Waals surface area contributed by atoms with E-state index in [1.165, 1.54) is 6.42 Å². The number of likely N-dealkylation sites (tertiary alicyclic amines) is 1. The molecule has 0 aliphatic carbocycles. The van der Waals surface area contributed by atoms with Gasteiger partial charge in [0.05, 0.1) is 7.11 Å². The first kappa shape index (κ1) is 17.8. The van der Waals surface area contributed by atoms with Crippen molar-refractivity contribution in [1.82, 2.24) is 14.4 Å². The minimum absolute atomic E-state index is 0.154. The normalized spacial score (nSPS) is 18.2. The molecule has 1 atom stereocenters. The van der Waals surface area contributed by atoms with Gasteiger partial charge in [0.25, 0.3) is 5.91 Å². The number of aromatic nitrogens is 1. The maximum atomic E-state index is 13.4. The lowest BCUT2D eigenvalue weighted by Gasteiger charge is -2.37. The highest BCUT2D eigenvalue weighted by Gasteiger charge is 2.31. The lowest BCUT2D eigenvalue weighted by Crippen LogP contribution is -2.48. The number of likely N-dealkylation sites (N-methyl/N-ethyl adjacent to an activating group) is 1. The van der Waals surface area contributed by atoms with Crippen molar-refractivity contribution >= 4 is 16.8 Å². The Morgan fingerprint density at radius 3 is 2.76 bits per heavy atom. The van der Waals surface area contributed by atoms with Crippen molar-refractivity contribution in [1.29, 1.82) is 0 Å². The van der Waals surface area contributed by atoms with Gasteiger partial charge in [-0.3, -0.25) is 4.79 Å². The molecular weight excluding hydrogens is 314 g/mol. The SMILES string of the molecule is COc1ccc2c(c1)c(C)c(C(=O)N1CCCC[C@@H]1CN(C)C)n2C. The lowest BCUT2D eigenvalue weighted by atomic mass is 10.0. The third kappa shape index (κ3) is 3.25. The van der Waals surface area contributed by atoms with Crippen LogP contribution in [0.5, 0.6) is 5.75 Å². The number of methoxy groups -OCH3 is 1. The summed E-state index contributed by atoms with van der Waals surface area (Å²) in [5, 5.41) is 1.09. The Hall–Kier alpha value is -2.01. The predicted molar refractivity (Wildman–Crippen MR) is 101 cm³/mol. The van der Waals surface area contributed by atoms with Crippen molar-refractivity contribution in [2.24, 2.45) is 7.05 Å². The highest BCUT2D eigenvalue weighted by atomic mass is 16.5. The summed E-state index contributed by atoms with van der Waals surface area (Å²) in [6, 6.07) is 6.30. The van der Waals surface area contributed by atoms with Crippen LogP contribution in [0.2, 0.25) is 0 Å². The van der Waals surface area contributed by atoms with Gasteiger partial charge in [-0.2, -0.15) is 0 Å². The van der Waals surface area contributed by atoms with E-state index in [0.29, 0.717) is 6.04 Å². The smallest absolute Gasteiger partial charge is 0.271 e. The van der Waals surface area contributed by atoms with Crippen molar-refractivity contribution in [3.8, 4) is 5.75 Å². The minimum atomic E-state index is 0.154. The Morgan fingerprint density at radius 2 is 2.08 bits per heavy atom. The van der Waals surface area contributed by atoms with E-state index in [2.05, 4.69) is 23.9 Å². The molecule has 5 heteroatoms. The highest BCUT2D eigenvalue weighted by molar-refractivity contribution is 6.02. The molecule has 1 aliphatic rings. The molecule has 136 valence electrons. The van der Waals surface area contributed by atoms with Gasteiger partial charge in [0.1, 0.15) is 11.4 Å². The van der Waals surface area contributed by atoms with Gasteiger partial charge in [0.15, 0.2) is 0 Å². The van der Waals surface area contributed by atoms with Gasteiger partial charge >= 0.3 is 0 Å². The Bertz CT molecular complexity index is 779. The molecule has 2 aromatic rings. The zero-order valence-corrected chi connectivity index (χ0v) is 16.0. The summed E-state index contributed by atoms with van der Waals surface area (Å²) in [5.41, 5.74) is 2.91. The molecule has 5 nitrogen and oxygen atoms in total. The van der Waals surface area contributed by atoms with E-state index in [1.54, 1.807) is 7.11 Å². The van der Waals surface area contributed by atoms with Gasteiger partial charge in [-0.25, -0.2) is 0 Å². The number of aryl methyl sites for hydroxylation is 2. The number of rotatable bonds is 4. The number of carbonyl (C=O) groups is 1. The summed E-state index contributed by atoms with van der Waals surface area (Å²) in [6.07, 6.45) is 3.38. The first-order valence-corrected chi connectivity index (χ1v) is 9.02. The topological polar surface area (TPSA) is 37.7 Å². The molecule has 0 saturated carbocycles. The van der Waals surface area contributed by atoms with Crippen LogP contribution < -0.4 is 4.74 Å². The molecule has 1 fully saturated rings. The standard InChI is InChI=1S/C20H29N3O2/c1-14-17-12-16(25-5)9-10-18(17)22(4)19(14)20(24)23-11-7-6-8-15(23)13-21(2)3/h9-10,12,15H,6-8,11,13H2,1-5H3/t15-/m1/s1. The molecule has 0 N–H and O–H groups in total. The largest absolute Gasteiger partial charge is 0.497 e. The first-order valence-electron chi connectivity index (χ1n) is 9.02. The number of ether oxygens (including phenoxy) is 1. The van der Waals surface area contributed by atoms with Crippen LogP contribution in [0.1, 0.15) is 35.3 Å². The van der Waals surface area contributed by atoms with E-state index in [9.17, 15) is 4.79 Å². The average Bonchev–Trinajstić information content (AvgIpc) is 2.84. The minimum Gasteiger partial charge on any atom is -0.497 e. The van der Waals surface area contributed by atoms with E-state index in [-0.39, 0.29) is 5.91 Å². The molecular formula is C20H29N3O2. The lowest BCUT2D eigenvalue weighted by molar-refractivity contribution is 0.0565. The Morgan fingerprint density at radius 1 is 1.32 bits per heavy atom. The number of piperidine rings is 1. The summed E-state index contributed by atoms with van der Waals surface area (Å²) in [5.74, 6) is 0.977. The van der Waals surface area contributed by atoms with Crippen molar-refractivity contribution in [3.63, 3.8) is 0 Å². The van der Waals surface area contributed by atoms with E-state index < -0.39 is 0 Å². The Balaban J connectivity index is 2.01. The van der Waals surface area contributed by atoms with E-state index in [1.807, 2.05) is 36.7 Å². The monoisotopic (exact) mass is 343 g/mol. The van der Waals surface area contributed by atoms with Crippen LogP contribution in [-0.4, -0.2) is 60.6 Å². The summed E-state index contributed by atoms with van der Waals surface area (Å²) in [7, 11) is 7.81. The molecule has 0 radical (unpaired) electrons. The second kappa shape index (κ2) is 7.08. The number of fused-ring (bicyclic) bond motifs is 1. The summed E-state index contributed by atoms with van der Waals surface area (Å²) >= 11 is 0. The fourth-order valence-corrected chi connectivity index (χ4v) is 4.05. The van der Waals surface area contributed by atoms with Gasteiger partial charge in [0.2, 0.25) is 0 Å². The van der Waals surface area contributed by atoms with Crippen LogP contribution in [0, 0.1) is 6.92 Å². The number of nitrogens with zero attached hydrogens (tertiary/aromatic N) is 3. The van der Waals surface area contributed by atoms with Crippen LogP contribution in [-0.2, 0) is 7.05 Å². The number of carbonyl (C=O) groups excluding carboxylic acids is 1. The molecule has 1 aliphatic heterocycles. The van der Waals surface area contributed by atoms with Crippen molar-refractivity contribution < 1.29 is 9.53 Å². The summed E-state index contributed by atoms with van der Waals surface area (Å²) < 4.78 is 7.39. The van der Waals surface area contributed by atoms with Gasteiger partial charge in [0, 0.05) is 37.1 Å². The zero-order valence-electron chi connectivity index (χ0n) is 16.0. The van der Waals surface area contributed by atoms with Crippen LogP contribution in [0.25, 0.3) is 10.9 Å². The number of hydrogen-bond donors (Lipinski definition) is 0. The van der Waals surface area contributed by atoms with Crippen LogP contribution in [0.4, 0.5) is 0 Å². The maximum Gasteiger partial charge on any atom is 0.271 e. The van der Waals surface area contributed by atoms with Crippen LogP contribution >= 0.6 is 0 Å².